The number of esters is 1. The van der Waals surface area contributed by atoms with Gasteiger partial charge in [-0.15, -0.1) is 0 Å². The number of hydrogen-bond donors (Lipinski definition) is 1. The molecule has 0 aromatic rings. The van der Waals surface area contributed by atoms with Gasteiger partial charge in [-0.3, -0.25) is 4.79 Å². The van der Waals surface area contributed by atoms with Crippen molar-refractivity contribution >= 4 is 35.0 Å². The zero-order valence-electron chi connectivity index (χ0n) is 17.1. The average molecular weight is 395 g/mol. The van der Waals surface area contributed by atoms with Gasteiger partial charge < -0.3 is 9.84 Å². The van der Waals surface area contributed by atoms with Gasteiger partial charge in [-0.25, -0.2) is 4.79 Å². The molecule has 0 aliphatic heterocycles. The van der Waals surface area contributed by atoms with Gasteiger partial charge in [-0.2, -0.15) is 0 Å². The van der Waals surface area contributed by atoms with Crippen molar-refractivity contribution in [2.24, 2.45) is 0 Å². The van der Waals surface area contributed by atoms with Crippen LogP contribution in [0.4, 0.5) is 0 Å². The van der Waals surface area contributed by atoms with Gasteiger partial charge in [-0.1, -0.05) is 96.8 Å². The molecule has 0 atom stereocenters. The molecule has 0 aromatic heterocycles. The van der Waals surface area contributed by atoms with Gasteiger partial charge in [0.1, 0.15) is 6.26 Å². The Labute approximate surface area is 182 Å². The van der Waals surface area contributed by atoms with E-state index in [4.69, 9.17) is 9.84 Å². The molecule has 0 radical (unpaired) electrons. The minimum Gasteiger partial charge on any atom is -0.478 e. The number of ether oxygens (including phenoxy) is 1. The van der Waals surface area contributed by atoms with Crippen LogP contribution in [0, 0.1) is 0 Å². The number of aliphatic carboxylic acids is 1. The first-order valence-electron chi connectivity index (χ1n) is 10.7. The summed E-state index contributed by atoms with van der Waals surface area (Å²) in [6.45, 7) is 3.67. The fourth-order valence-corrected chi connectivity index (χ4v) is 2.90. The first-order chi connectivity index (χ1) is 12.6. The van der Waals surface area contributed by atoms with E-state index >= 15 is 0 Å². The molecule has 0 aromatic carbocycles. The van der Waals surface area contributed by atoms with Crippen LogP contribution in [-0.4, -0.2) is 40.1 Å². The molecule has 0 amide bonds. The summed E-state index contributed by atoms with van der Waals surface area (Å²) < 4.78 is 4.80. The van der Waals surface area contributed by atoms with Crippen molar-refractivity contribution in [2.45, 2.75) is 117 Å². The summed E-state index contributed by atoms with van der Waals surface area (Å²) in [5, 5.41) is 8.65. The quantitative estimate of drug-likeness (QED) is 0.104. The van der Waals surface area contributed by atoms with Crippen molar-refractivity contribution < 1.29 is 19.4 Å². The van der Waals surface area contributed by atoms with Crippen LogP contribution in [0.25, 0.3) is 0 Å². The number of rotatable bonds is 18. The third-order valence-electron chi connectivity index (χ3n) is 4.69. The second kappa shape index (κ2) is 21.7. The Bertz CT molecular complexity index is 394. The van der Waals surface area contributed by atoms with Gasteiger partial charge in [0.05, 0.1) is 5.57 Å². The van der Waals surface area contributed by atoms with Gasteiger partial charge in [0.15, 0.2) is 0 Å². The van der Waals surface area contributed by atoms with Gasteiger partial charge in [0, 0.05) is 6.42 Å². The molecule has 0 fully saturated rings. The summed E-state index contributed by atoms with van der Waals surface area (Å²) in [5.74, 6) is -1.41. The molecule has 0 bridgehead atoms. The number of carboxylic acids is 1. The average Bonchev–Trinajstić information content (AvgIpc) is 2.62. The van der Waals surface area contributed by atoms with E-state index in [0.29, 0.717) is 6.42 Å². The van der Waals surface area contributed by atoms with Crippen molar-refractivity contribution in [3.05, 3.63) is 11.8 Å². The van der Waals surface area contributed by atoms with E-state index < -0.39 is 5.97 Å². The van der Waals surface area contributed by atoms with Gasteiger partial charge in [0.25, 0.3) is 0 Å². The van der Waals surface area contributed by atoms with Crippen molar-refractivity contribution in [1.29, 1.82) is 0 Å². The fraction of sp³-hybridized carbons (Fsp3) is 0.818. The van der Waals surface area contributed by atoms with Crippen molar-refractivity contribution in [2.75, 3.05) is 0 Å². The molecule has 0 spiro atoms. The molecule has 0 saturated carbocycles. The Morgan fingerprint density at radius 3 is 1.48 bits per heavy atom. The Balaban J connectivity index is 0. The fourth-order valence-electron chi connectivity index (χ4n) is 2.90. The van der Waals surface area contributed by atoms with E-state index in [2.05, 4.69) is 6.92 Å². The normalized spacial score (nSPS) is 11.1. The SMILES string of the molecule is CCCCCCCCCCCCCCCCCC(=O)OC=C(C)C(=O)O.[MgH2]. The van der Waals surface area contributed by atoms with Crippen molar-refractivity contribution in [3.63, 3.8) is 0 Å². The van der Waals surface area contributed by atoms with Crippen molar-refractivity contribution in [1.82, 2.24) is 0 Å². The van der Waals surface area contributed by atoms with Crippen LogP contribution in [0.15, 0.2) is 11.8 Å². The predicted octanol–water partition coefficient (Wildman–Crippen LogP) is 5.86. The first-order valence-corrected chi connectivity index (χ1v) is 10.7. The third-order valence-corrected chi connectivity index (χ3v) is 4.69. The van der Waals surface area contributed by atoms with Crippen LogP contribution in [-0.2, 0) is 14.3 Å². The molecule has 4 nitrogen and oxygen atoms in total. The highest BCUT2D eigenvalue weighted by atomic mass is 24.3. The summed E-state index contributed by atoms with van der Waals surface area (Å²) in [6.07, 6.45) is 20.7. The molecule has 0 heterocycles. The summed E-state index contributed by atoms with van der Waals surface area (Å²) in [7, 11) is 0. The first kappa shape index (κ1) is 28.7. The molecule has 0 aliphatic rings. The van der Waals surface area contributed by atoms with Crippen LogP contribution >= 0.6 is 0 Å². The highest BCUT2D eigenvalue weighted by Crippen LogP contribution is 2.13. The Kier molecular flexibility index (Phi) is 23.1. The van der Waals surface area contributed by atoms with Crippen LogP contribution in [0.2, 0.25) is 0 Å². The smallest absolute Gasteiger partial charge is 0.334 e. The van der Waals surface area contributed by atoms with Crippen molar-refractivity contribution in [3.8, 4) is 0 Å². The maximum atomic E-state index is 11.4. The van der Waals surface area contributed by atoms with E-state index in [1.54, 1.807) is 0 Å². The number of carbonyl (C=O) groups is 2. The standard InChI is InChI=1S/C22H40O4.Mg.2H/c1-3-4-5-6-7-8-9-10-11-12-13-14-15-16-17-18-21(23)26-19-20(2)22(24)25;;;/h19H,3-18H2,1-2H3,(H,24,25);;;. The minimum absolute atomic E-state index is 0. The summed E-state index contributed by atoms with van der Waals surface area (Å²) in [6, 6.07) is 0. The number of hydrogen-bond acceptors (Lipinski definition) is 3. The Morgan fingerprint density at radius 1 is 0.741 bits per heavy atom. The maximum Gasteiger partial charge on any atom is 0.334 e. The Morgan fingerprint density at radius 2 is 1.11 bits per heavy atom. The molecular weight excluding hydrogens is 353 g/mol. The lowest BCUT2D eigenvalue weighted by Crippen LogP contribution is -2.02. The van der Waals surface area contributed by atoms with E-state index in [1.807, 2.05) is 0 Å². The topological polar surface area (TPSA) is 63.6 Å². The molecule has 27 heavy (non-hydrogen) atoms. The second-order valence-corrected chi connectivity index (χ2v) is 7.30. The third kappa shape index (κ3) is 21.6. The van der Waals surface area contributed by atoms with E-state index in [1.165, 1.54) is 84.0 Å². The van der Waals surface area contributed by atoms with E-state index in [9.17, 15) is 9.59 Å². The molecule has 0 rings (SSSR count). The number of carboxylic acid groups (broad SMARTS) is 1. The number of carbonyl (C=O) groups excluding carboxylic acids is 1. The molecule has 5 heteroatoms. The lowest BCUT2D eigenvalue weighted by Gasteiger charge is -2.03. The maximum absolute atomic E-state index is 11.4. The molecule has 1 N–H and O–H groups in total. The van der Waals surface area contributed by atoms with Crippen LogP contribution in [0.3, 0.4) is 0 Å². The molecule has 156 valence electrons. The second-order valence-electron chi connectivity index (χ2n) is 7.30. The van der Waals surface area contributed by atoms with E-state index in [-0.39, 0.29) is 34.6 Å². The molecule has 0 aliphatic carbocycles. The zero-order valence-corrected chi connectivity index (χ0v) is 17.1. The van der Waals surface area contributed by atoms with Crippen LogP contribution < -0.4 is 0 Å². The van der Waals surface area contributed by atoms with Gasteiger partial charge in [-0.05, 0) is 13.3 Å². The predicted molar refractivity (Wildman–Crippen MR) is 116 cm³/mol. The zero-order chi connectivity index (χ0) is 19.5. The highest BCUT2D eigenvalue weighted by Gasteiger charge is 2.04. The van der Waals surface area contributed by atoms with Crippen LogP contribution in [0.5, 0.6) is 0 Å². The number of unbranched alkanes of at least 4 members (excludes halogenated alkanes) is 14. The molecule has 0 saturated heterocycles. The lowest BCUT2D eigenvalue weighted by atomic mass is 10.0. The van der Waals surface area contributed by atoms with E-state index in [0.717, 1.165) is 25.5 Å². The summed E-state index contributed by atoms with van der Waals surface area (Å²) in [4.78, 5) is 22.0. The summed E-state index contributed by atoms with van der Waals surface area (Å²) in [5.41, 5.74) is 0.0369. The highest BCUT2D eigenvalue weighted by molar-refractivity contribution is 5.85. The monoisotopic (exact) mass is 394 g/mol. The van der Waals surface area contributed by atoms with Gasteiger partial charge in [0.2, 0.25) is 0 Å². The van der Waals surface area contributed by atoms with Gasteiger partial charge >= 0.3 is 35.0 Å². The molecular formula is C22H42MgO4. The lowest BCUT2D eigenvalue weighted by molar-refractivity contribution is -0.138. The molecule has 0 unspecified atom stereocenters. The minimum atomic E-state index is -1.07. The Hall–Kier alpha value is -0.554. The van der Waals surface area contributed by atoms with Crippen LogP contribution in [0.1, 0.15) is 117 Å². The largest absolute Gasteiger partial charge is 0.478 e. The summed E-state index contributed by atoms with van der Waals surface area (Å²) >= 11 is 0.